The summed E-state index contributed by atoms with van der Waals surface area (Å²) in [7, 11) is 0. The zero-order valence-corrected chi connectivity index (χ0v) is 12.9. The second-order valence-corrected chi connectivity index (χ2v) is 7.10. The zero-order chi connectivity index (χ0) is 13.3. The van der Waals surface area contributed by atoms with Crippen LogP contribution in [0.3, 0.4) is 0 Å². The van der Waals surface area contributed by atoms with Crippen LogP contribution in [0.2, 0.25) is 0 Å². The van der Waals surface area contributed by atoms with Crippen molar-refractivity contribution in [2.24, 2.45) is 23.5 Å². The standard InChI is InChI=1S/C18H35N/c19-15-8-4-2-1-3-5-10-16-11-6-7-14-18(16)17-12-9-13-17/h16-18H,1-15,19H2. The van der Waals surface area contributed by atoms with E-state index in [2.05, 4.69) is 0 Å². The molecular formula is C18H35N. The molecule has 0 aromatic heterocycles. The van der Waals surface area contributed by atoms with E-state index in [0.717, 1.165) is 24.3 Å². The number of hydrogen-bond acceptors (Lipinski definition) is 1. The molecule has 0 aliphatic heterocycles. The van der Waals surface area contributed by atoms with E-state index in [1.54, 1.807) is 25.7 Å². The van der Waals surface area contributed by atoms with Crippen LogP contribution in [0.5, 0.6) is 0 Å². The van der Waals surface area contributed by atoms with E-state index in [1.165, 1.54) is 64.2 Å². The van der Waals surface area contributed by atoms with Crippen LogP contribution in [-0.4, -0.2) is 6.54 Å². The van der Waals surface area contributed by atoms with Crippen LogP contribution in [0.25, 0.3) is 0 Å². The first-order valence-corrected chi connectivity index (χ1v) is 9.12. The minimum absolute atomic E-state index is 0.880. The Morgan fingerprint density at radius 2 is 1.37 bits per heavy atom. The van der Waals surface area contributed by atoms with Gasteiger partial charge in [-0.1, -0.05) is 77.0 Å². The molecule has 0 bridgehead atoms. The molecule has 2 saturated carbocycles. The van der Waals surface area contributed by atoms with Gasteiger partial charge in [-0.05, 0) is 37.1 Å². The lowest BCUT2D eigenvalue weighted by molar-refractivity contribution is 0.0950. The first kappa shape index (κ1) is 15.4. The Morgan fingerprint density at radius 3 is 2.05 bits per heavy atom. The zero-order valence-electron chi connectivity index (χ0n) is 12.9. The average Bonchev–Trinajstić information content (AvgIpc) is 2.37. The van der Waals surface area contributed by atoms with E-state index in [-0.39, 0.29) is 0 Å². The molecule has 2 atom stereocenters. The summed E-state index contributed by atoms with van der Waals surface area (Å²) in [5.74, 6) is 3.36. The molecule has 2 aliphatic carbocycles. The molecule has 1 nitrogen and oxygen atoms in total. The van der Waals surface area contributed by atoms with Crippen molar-refractivity contribution in [3.05, 3.63) is 0 Å². The number of hydrogen-bond donors (Lipinski definition) is 1. The highest BCUT2D eigenvalue weighted by molar-refractivity contribution is 4.85. The summed E-state index contributed by atoms with van der Waals surface area (Å²) in [6, 6.07) is 0. The van der Waals surface area contributed by atoms with Crippen molar-refractivity contribution in [2.45, 2.75) is 89.9 Å². The van der Waals surface area contributed by atoms with Crippen LogP contribution in [0.1, 0.15) is 89.9 Å². The van der Waals surface area contributed by atoms with Crippen LogP contribution in [0.15, 0.2) is 0 Å². The fourth-order valence-corrected chi connectivity index (χ4v) is 4.34. The summed E-state index contributed by atoms with van der Waals surface area (Å²) in [6.45, 7) is 0.880. The molecule has 0 amide bonds. The molecular weight excluding hydrogens is 230 g/mol. The Hall–Kier alpha value is -0.0400. The highest BCUT2D eigenvalue weighted by Gasteiger charge is 2.34. The molecule has 2 N–H and O–H groups in total. The van der Waals surface area contributed by atoms with Crippen molar-refractivity contribution in [1.29, 1.82) is 0 Å². The average molecular weight is 265 g/mol. The van der Waals surface area contributed by atoms with Crippen LogP contribution < -0.4 is 5.73 Å². The molecule has 0 spiro atoms. The minimum atomic E-state index is 0.880. The molecule has 0 saturated heterocycles. The molecule has 0 aromatic rings. The molecule has 0 aromatic carbocycles. The van der Waals surface area contributed by atoms with Gasteiger partial charge in [0.15, 0.2) is 0 Å². The van der Waals surface area contributed by atoms with Crippen LogP contribution >= 0.6 is 0 Å². The van der Waals surface area contributed by atoms with E-state index in [4.69, 9.17) is 5.73 Å². The summed E-state index contributed by atoms with van der Waals surface area (Å²) < 4.78 is 0. The lowest BCUT2D eigenvalue weighted by Gasteiger charge is -2.41. The maximum absolute atomic E-state index is 5.53. The number of unbranched alkanes of at least 4 members (excludes halogenated alkanes) is 5. The summed E-state index contributed by atoms with van der Waals surface area (Å²) >= 11 is 0. The van der Waals surface area contributed by atoms with Crippen LogP contribution in [0.4, 0.5) is 0 Å². The van der Waals surface area contributed by atoms with Crippen molar-refractivity contribution in [2.75, 3.05) is 6.54 Å². The highest BCUT2D eigenvalue weighted by Crippen LogP contribution is 2.45. The minimum Gasteiger partial charge on any atom is -0.330 e. The van der Waals surface area contributed by atoms with Crippen molar-refractivity contribution in [3.63, 3.8) is 0 Å². The third kappa shape index (κ3) is 5.10. The monoisotopic (exact) mass is 265 g/mol. The van der Waals surface area contributed by atoms with Crippen LogP contribution in [-0.2, 0) is 0 Å². The van der Waals surface area contributed by atoms with Gasteiger partial charge in [-0.25, -0.2) is 0 Å². The van der Waals surface area contributed by atoms with Gasteiger partial charge in [-0.15, -0.1) is 0 Å². The predicted molar refractivity (Wildman–Crippen MR) is 84.2 cm³/mol. The summed E-state index contributed by atoms with van der Waals surface area (Å²) in [5.41, 5.74) is 5.53. The van der Waals surface area contributed by atoms with Gasteiger partial charge in [-0.2, -0.15) is 0 Å². The SMILES string of the molecule is NCCCCCCCCC1CCCCC1C1CCC1. The van der Waals surface area contributed by atoms with Crippen LogP contribution in [0, 0.1) is 17.8 Å². The molecule has 19 heavy (non-hydrogen) atoms. The summed E-state index contributed by atoms with van der Waals surface area (Å²) in [6.07, 6.45) is 20.7. The molecule has 2 aliphatic rings. The molecule has 112 valence electrons. The number of rotatable bonds is 9. The van der Waals surface area contributed by atoms with Gasteiger partial charge >= 0.3 is 0 Å². The molecule has 2 fully saturated rings. The lowest BCUT2D eigenvalue weighted by atomic mass is 9.64. The fraction of sp³-hybridized carbons (Fsp3) is 1.00. The predicted octanol–water partition coefficient (Wildman–Crippen LogP) is 5.28. The topological polar surface area (TPSA) is 26.0 Å². The van der Waals surface area contributed by atoms with Crippen molar-refractivity contribution in [1.82, 2.24) is 0 Å². The summed E-state index contributed by atoms with van der Waals surface area (Å²) in [5, 5.41) is 0. The van der Waals surface area contributed by atoms with E-state index in [0.29, 0.717) is 0 Å². The molecule has 1 heteroatoms. The Balaban J connectivity index is 1.55. The highest BCUT2D eigenvalue weighted by atomic mass is 14.5. The Kier molecular flexibility index (Phi) is 7.27. The van der Waals surface area contributed by atoms with E-state index in [1.807, 2.05) is 0 Å². The van der Waals surface area contributed by atoms with Crippen molar-refractivity contribution < 1.29 is 0 Å². The first-order chi connectivity index (χ1) is 9.42. The fourth-order valence-electron chi connectivity index (χ4n) is 4.34. The van der Waals surface area contributed by atoms with Crippen molar-refractivity contribution in [3.8, 4) is 0 Å². The lowest BCUT2D eigenvalue weighted by Crippen LogP contribution is -2.31. The van der Waals surface area contributed by atoms with Crippen molar-refractivity contribution >= 4 is 0 Å². The molecule has 2 rings (SSSR count). The maximum Gasteiger partial charge on any atom is -0.00773 e. The molecule has 0 heterocycles. The third-order valence-corrected chi connectivity index (χ3v) is 5.75. The Bertz CT molecular complexity index is 222. The van der Waals surface area contributed by atoms with Gasteiger partial charge in [-0.3, -0.25) is 0 Å². The quantitative estimate of drug-likeness (QED) is 0.564. The smallest absolute Gasteiger partial charge is 0.00773 e. The van der Waals surface area contributed by atoms with Gasteiger partial charge < -0.3 is 5.73 Å². The van der Waals surface area contributed by atoms with Gasteiger partial charge in [0.1, 0.15) is 0 Å². The van der Waals surface area contributed by atoms with E-state index >= 15 is 0 Å². The van der Waals surface area contributed by atoms with Gasteiger partial charge in [0.2, 0.25) is 0 Å². The number of nitrogens with two attached hydrogens (primary N) is 1. The largest absolute Gasteiger partial charge is 0.330 e. The Labute approximate surface area is 120 Å². The van der Waals surface area contributed by atoms with Gasteiger partial charge in [0.05, 0.1) is 0 Å². The normalized spacial score (nSPS) is 28.3. The van der Waals surface area contributed by atoms with Gasteiger partial charge in [0.25, 0.3) is 0 Å². The summed E-state index contributed by atoms with van der Waals surface area (Å²) in [4.78, 5) is 0. The van der Waals surface area contributed by atoms with Gasteiger partial charge in [0, 0.05) is 0 Å². The Morgan fingerprint density at radius 1 is 0.684 bits per heavy atom. The van der Waals surface area contributed by atoms with E-state index in [9.17, 15) is 0 Å². The molecule has 2 unspecified atom stereocenters. The maximum atomic E-state index is 5.53. The second-order valence-electron chi connectivity index (χ2n) is 7.10. The second kappa shape index (κ2) is 9.00. The third-order valence-electron chi connectivity index (χ3n) is 5.75. The molecule has 0 radical (unpaired) electrons. The first-order valence-electron chi connectivity index (χ1n) is 9.12. The van der Waals surface area contributed by atoms with E-state index < -0.39 is 0 Å².